The minimum atomic E-state index is -1.77. The van der Waals surface area contributed by atoms with Crippen LogP contribution in [0.25, 0.3) is 0 Å². The van der Waals surface area contributed by atoms with Crippen LogP contribution in [0.15, 0.2) is 0 Å². The number of hydrogen-bond acceptors (Lipinski definition) is 2. The second kappa shape index (κ2) is 5.67. The number of hydrogen-bond donors (Lipinski definition) is 0. The molecule has 0 spiro atoms. The Kier molecular flexibility index (Phi) is 4.70. The Bertz CT molecular complexity index is 455. The maximum atomic E-state index is 13.4. The van der Waals surface area contributed by atoms with Crippen molar-refractivity contribution in [1.29, 1.82) is 0 Å². The molecule has 0 amide bonds. The zero-order valence-electron chi connectivity index (χ0n) is 8.50. The topological polar surface area (TPSA) is 34.1 Å². The molecule has 0 atom stereocenters. The molecule has 0 aliphatic heterocycles. The van der Waals surface area contributed by atoms with E-state index in [2.05, 4.69) is 0 Å². The third-order valence-corrected chi connectivity index (χ3v) is 2.34. The quantitative estimate of drug-likeness (QED) is 0.487. The van der Waals surface area contributed by atoms with E-state index in [4.69, 9.17) is 23.2 Å². The molecular formula is C10H4Cl2F4O2. The van der Waals surface area contributed by atoms with Crippen molar-refractivity contribution in [3.8, 4) is 0 Å². The molecule has 0 unspecified atom stereocenters. The lowest BCUT2D eigenvalue weighted by atomic mass is 10.0. The predicted molar refractivity (Wildman–Crippen MR) is 55.4 cm³/mol. The Morgan fingerprint density at radius 3 is 1.11 bits per heavy atom. The van der Waals surface area contributed by atoms with Gasteiger partial charge in [0.1, 0.15) is 0 Å². The fourth-order valence-electron chi connectivity index (χ4n) is 1.31. The first-order valence-corrected chi connectivity index (χ1v) is 5.21. The van der Waals surface area contributed by atoms with Crippen molar-refractivity contribution in [1.82, 2.24) is 0 Å². The van der Waals surface area contributed by atoms with Gasteiger partial charge in [-0.2, -0.15) is 0 Å². The number of carbonyl (C=O) groups is 2. The third-order valence-electron chi connectivity index (χ3n) is 2.08. The van der Waals surface area contributed by atoms with Crippen molar-refractivity contribution in [2.45, 2.75) is 12.8 Å². The summed E-state index contributed by atoms with van der Waals surface area (Å²) in [6, 6.07) is 0. The molecule has 0 aliphatic rings. The summed E-state index contributed by atoms with van der Waals surface area (Å²) < 4.78 is 53.5. The van der Waals surface area contributed by atoms with Crippen LogP contribution >= 0.6 is 23.2 Å². The van der Waals surface area contributed by atoms with Crippen LogP contribution in [0.4, 0.5) is 17.6 Å². The van der Waals surface area contributed by atoms with E-state index in [1.807, 2.05) is 0 Å². The number of benzene rings is 1. The van der Waals surface area contributed by atoms with Crippen LogP contribution in [0.2, 0.25) is 0 Å². The van der Waals surface area contributed by atoms with Gasteiger partial charge in [-0.1, -0.05) is 0 Å². The number of carbonyl (C=O) groups excluding carboxylic acids is 2. The van der Waals surface area contributed by atoms with E-state index in [9.17, 15) is 27.2 Å². The lowest BCUT2D eigenvalue weighted by Crippen LogP contribution is -2.12. The summed E-state index contributed by atoms with van der Waals surface area (Å²) in [4.78, 5) is 21.0. The van der Waals surface area contributed by atoms with Crippen molar-refractivity contribution >= 4 is 33.7 Å². The first kappa shape index (κ1) is 14.9. The monoisotopic (exact) mass is 302 g/mol. The molecule has 0 saturated carbocycles. The van der Waals surface area contributed by atoms with Crippen molar-refractivity contribution in [2.24, 2.45) is 0 Å². The van der Waals surface area contributed by atoms with Crippen LogP contribution in [0.3, 0.4) is 0 Å². The maximum Gasteiger partial charge on any atom is 0.226 e. The van der Waals surface area contributed by atoms with E-state index in [1.54, 1.807) is 0 Å². The molecule has 0 aliphatic carbocycles. The molecule has 1 aromatic rings. The van der Waals surface area contributed by atoms with Gasteiger partial charge in [-0.05, 0) is 23.2 Å². The number of rotatable bonds is 4. The molecule has 0 heterocycles. The average Bonchev–Trinajstić information content (AvgIpc) is 2.27. The predicted octanol–water partition coefficient (Wildman–Crippen LogP) is 2.86. The number of halogens is 6. The smallest absolute Gasteiger partial charge is 0.226 e. The highest BCUT2D eigenvalue weighted by Gasteiger charge is 2.26. The first-order chi connectivity index (χ1) is 8.25. The van der Waals surface area contributed by atoms with Crippen LogP contribution in [-0.4, -0.2) is 10.5 Å². The van der Waals surface area contributed by atoms with E-state index >= 15 is 0 Å². The Balaban J connectivity index is 3.44. The highest BCUT2D eigenvalue weighted by Crippen LogP contribution is 2.25. The van der Waals surface area contributed by atoms with Gasteiger partial charge in [0.05, 0.1) is 12.8 Å². The van der Waals surface area contributed by atoms with Crippen LogP contribution < -0.4 is 0 Å². The summed E-state index contributed by atoms with van der Waals surface area (Å²) in [5.41, 5.74) is -2.26. The molecule has 2 nitrogen and oxygen atoms in total. The summed E-state index contributed by atoms with van der Waals surface area (Å²) in [7, 11) is 0. The molecule has 0 saturated heterocycles. The Morgan fingerprint density at radius 2 is 0.944 bits per heavy atom. The zero-order valence-corrected chi connectivity index (χ0v) is 10.0. The summed E-state index contributed by atoms with van der Waals surface area (Å²) in [6.45, 7) is 0. The van der Waals surface area contributed by atoms with Gasteiger partial charge in [0.2, 0.25) is 10.5 Å². The molecule has 0 radical (unpaired) electrons. The van der Waals surface area contributed by atoms with E-state index < -0.39 is 57.7 Å². The summed E-state index contributed by atoms with van der Waals surface area (Å²) in [6.07, 6.45) is -2.02. The van der Waals surface area contributed by atoms with E-state index in [0.717, 1.165) is 0 Å². The molecular weight excluding hydrogens is 299 g/mol. The van der Waals surface area contributed by atoms with Gasteiger partial charge in [0, 0.05) is 11.1 Å². The maximum absolute atomic E-state index is 13.4. The average molecular weight is 303 g/mol. The largest absolute Gasteiger partial charge is 0.281 e. The van der Waals surface area contributed by atoms with Crippen LogP contribution in [0, 0.1) is 23.3 Å². The van der Waals surface area contributed by atoms with Crippen LogP contribution in [-0.2, 0) is 22.4 Å². The van der Waals surface area contributed by atoms with Gasteiger partial charge in [-0.25, -0.2) is 17.6 Å². The van der Waals surface area contributed by atoms with Crippen molar-refractivity contribution in [2.75, 3.05) is 0 Å². The van der Waals surface area contributed by atoms with Gasteiger partial charge in [-0.15, -0.1) is 0 Å². The highest BCUT2D eigenvalue weighted by molar-refractivity contribution is 6.64. The molecule has 8 heteroatoms. The minimum Gasteiger partial charge on any atom is -0.281 e. The highest BCUT2D eigenvalue weighted by atomic mass is 35.5. The molecule has 18 heavy (non-hydrogen) atoms. The van der Waals surface area contributed by atoms with E-state index in [0.29, 0.717) is 0 Å². The zero-order chi connectivity index (χ0) is 14.0. The molecule has 0 aromatic heterocycles. The SMILES string of the molecule is O=C(Cl)Cc1c(F)c(F)c(CC(=O)Cl)c(F)c1F. The summed E-state index contributed by atoms with van der Waals surface area (Å²) >= 11 is 9.79. The van der Waals surface area contributed by atoms with Crippen molar-refractivity contribution in [3.63, 3.8) is 0 Å². The molecule has 0 fully saturated rings. The second-order valence-electron chi connectivity index (χ2n) is 3.28. The molecule has 98 valence electrons. The van der Waals surface area contributed by atoms with Gasteiger partial charge < -0.3 is 0 Å². The van der Waals surface area contributed by atoms with Crippen LogP contribution in [0.5, 0.6) is 0 Å². The molecule has 1 rings (SSSR count). The molecule has 0 bridgehead atoms. The van der Waals surface area contributed by atoms with Gasteiger partial charge in [-0.3, -0.25) is 9.59 Å². The fourth-order valence-corrected chi connectivity index (χ4v) is 1.58. The van der Waals surface area contributed by atoms with Crippen LogP contribution in [0.1, 0.15) is 11.1 Å². The van der Waals surface area contributed by atoms with Gasteiger partial charge in [0.15, 0.2) is 23.3 Å². The summed E-state index contributed by atoms with van der Waals surface area (Å²) in [5.74, 6) is -7.07. The van der Waals surface area contributed by atoms with E-state index in [1.165, 1.54) is 0 Å². The fraction of sp³-hybridized carbons (Fsp3) is 0.200. The lowest BCUT2D eigenvalue weighted by Gasteiger charge is -2.09. The normalized spacial score (nSPS) is 10.6. The van der Waals surface area contributed by atoms with Crippen molar-refractivity contribution in [3.05, 3.63) is 34.4 Å². The second-order valence-corrected chi connectivity index (χ2v) is 4.12. The Hall–Kier alpha value is -1.14. The van der Waals surface area contributed by atoms with Crippen molar-refractivity contribution < 1.29 is 27.2 Å². The Morgan fingerprint density at radius 1 is 0.722 bits per heavy atom. The van der Waals surface area contributed by atoms with E-state index in [-0.39, 0.29) is 0 Å². The van der Waals surface area contributed by atoms with Gasteiger partial charge in [0.25, 0.3) is 0 Å². The summed E-state index contributed by atoms with van der Waals surface area (Å²) in [5, 5.41) is -2.37. The van der Waals surface area contributed by atoms with Gasteiger partial charge >= 0.3 is 0 Å². The Labute approximate surface area is 108 Å². The lowest BCUT2D eigenvalue weighted by molar-refractivity contribution is -0.112. The molecule has 0 N–H and O–H groups in total. The first-order valence-electron chi connectivity index (χ1n) is 4.46. The minimum absolute atomic E-state index is 1.01. The third kappa shape index (κ3) is 3.00. The standard InChI is InChI=1S/C10H4Cl2F4O2/c11-5(17)1-3-7(13)9(15)4(2-6(12)18)10(16)8(3)14/h1-2H2. The molecule has 1 aromatic carbocycles.